The number of fused-ring (bicyclic) bond motifs is 1. The number of nitrogens with one attached hydrogen (secondary N) is 5. The third-order valence-corrected chi connectivity index (χ3v) is 8.30. The van der Waals surface area contributed by atoms with E-state index in [0.717, 1.165) is 49.6 Å². The zero-order valence-corrected chi connectivity index (χ0v) is 24.1. The normalized spacial score (nSPS) is 18.3. The number of hydrogen-bond acceptors (Lipinski definition) is 5. The van der Waals surface area contributed by atoms with Gasteiger partial charge in [0.05, 0.1) is 6.04 Å². The molecule has 4 amide bonds. The van der Waals surface area contributed by atoms with Gasteiger partial charge in [-0.05, 0) is 55.5 Å². The highest BCUT2D eigenvalue weighted by Gasteiger charge is 2.36. The van der Waals surface area contributed by atoms with Gasteiger partial charge in [-0.25, -0.2) is 8.78 Å². The van der Waals surface area contributed by atoms with Gasteiger partial charge in [0.2, 0.25) is 17.6 Å². The highest BCUT2D eigenvalue weighted by atomic mass is 19.2. The highest BCUT2D eigenvalue weighted by Crippen LogP contribution is 2.20. The summed E-state index contributed by atoms with van der Waals surface area (Å²) < 4.78 is 27.7. The zero-order chi connectivity index (χ0) is 31.2. The van der Waals surface area contributed by atoms with Crippen molar-refractivity contribution in [2.24, 2.45) is 5.92 Å². The van der Waals surface area contributed by atoms with Gasteiger partial charge >= 0.3 is 0 Å². The number of amides is 4. The quantitative estimate of drug-likeness (QED) is 0.213. The van der Waals surface area contributed by atoms with E-state index in [1.165, 1.54) is 6.07 Å². The predicted octanol–water partition coefficient (Wildman–Crippen LogP) is 2.82. The fourth-order valence-corrected chi connectivity index (χ4v) is 5.86. The van der Waals surface area contributed by atoms with E-state index in [9.17, 15) is 32.8 Å². The topological polar surface area (TPSA) is 149 Å². The molecular weight excluding hydrogens is 572 g/mol. The SMILES string of the molecule is O=C(NC1CCCCC1)C(=O)[C@H](C[C@@H]1CCNC1=O)NC(=O)[C@H](Cc1ccc(F)c(F)c1)NC(=O)c1cc2ccccc2[nH]1. The number of aromatic amines is 1. The molecule has 5 N–H and O–H groups in total. The summed E-state index contributed by atoms with van der Waals surface area (Å²) >= 11 is 0. The number of carbonyl (C=O) groups excluding carboxylic acids is 5. The van der Waals surface area contributed by atoms with Gasteiger partial charge < -0.3 is 26.3 Å². The van der Waals surface area contributed by atoms with Gasteiger partial charge in [-0.2, -0.15) is 0 Å². The minimum Gasteiger partial charge on any atom is -0.356 e. The van der Waals surface area contributed by atoms with Crippen LogP contribution in [0, 0.1) is 17.6 Å². The van der Waals surface area contributed by atoms with Gasteiger partial charge in [0.15, 0.2) is 11.6 Å². The Labute approximate surface area is 252 Å². The van der Waals surface area contributed by atoms with E-state index in [1.54, 1.807) is 18.2 Å². The lowest BCUT2D eigenvalue weighted by Gasteiger charge is -2.26. The van der Waals surface area contributed by atoms with Crippen LogP contribution in [-0.2, 0) is 25.6 Å². The summed E-state index contributed by atoms with van der Waals surface area (Å²) in [6.07, 6.45) is 4.49. The molecule has 1 aliphatic heterocycles. The first-order valence-corrected chi connectivity index (χ1v) is 14.9. The van der Waals surface area contributed by atoms with Crippen LogP contribution in [0.15, 0.2) is 48.5 Å². The molecule has 1 saturated carbocycles. The Morgan fingerprint density at radius 3 is 2.36 bits per heavy atom. The fraction of sp³-hybridized carbons (Fsp3) is 0.406. The van der Waals surface area contributed by atoms with E-state index < -0.39 is 53.1 Å². The smallest absolute Gasteiger partial charge is 0.289 e. The molecule has 12 heteroatoms. The van der Waals surface area contributed by atoms with E-state index >= 15 is 0 Å². The summed E-state index contributed by atoms with van der Waals surface area (Å²) in [6.45, 7) is 0.409. The molecule has 2 aliphatic rings. The number of rotatable bonds is 11. The van der Waals surface area contributed by atoms with Gasteiger partial charge in [0.1, 0.15) is 11.7 Å². The van der Waals surface area contributed by atoms with Crippen LogP contribution >= 0.6 is 0 Å². The highest BCUT2D eigenvalue weighted by molar-refractivity contribution is 6.38. The predicted molar refractivity (Wildman–Crippen MR) is 157 cm³/mol. The van der Waals surface area contributed by atoms with Crippen LogP contribution in [0.4, 0.5) is 8.78 Å². The van der Waals surface area contributed by atoms with Gasteiger partial charge in [0.25, 0.3) is 11.8 Å². The van der Waals surface area contributed by atoms with E-state index in [-0.39, 0.29) is 36.0 Å². The number of Topliss-reactive ketones (excluding diaryl/α,β-unsaturated/α-hetero) is 1. The third-order valence-electron chi connectivity index (χ3n) is 8.30. The maximum atomic E-state index is 14.0. The molecule has 3 atom stereocenters. The van der Waals surface area contributed by atoms with Crippen LogP contribution in [-0.4, -0.2) is 59.1 Å². The van der Waals surface area contributed by atoms with Gasteiger partial charge in [0, 0.05) is 35.8 Å². The van der Waals surface area contributed by atoms with Crippen LogP contribution in [0.1, 0.15) is 61.0 Å². The van der Waals surface area contributed by atoms with Crippen molar-refractivity contribution in [1.82, 2.24) is 26.3 Å². The molecule has 10 nitrogen and oxygen atoms in total. The first kappa shape index (κ1) is 30.8. The Morgan fingerprint density at radius 1 is 0.886 bits per heavy atom. The van der Waals surface area contributed by atoms with Crippen LogP contribution in [0.3, 0.4) is 0 Å². The largest absolute Gasteiger partial charge is 0.356 e. The molecule has 232 valence electrons. The molecule has 2 aromatic carbocycles. The molecule has 0 spiro atoms. The summed E-state index contributed by atoms with van der Waals surface area (Å²) in [6, 6.07) is 9.10. The lowest BCUT2D eigenvalue weighted by atomic mass is 9.93. The minimum atomic E-state index is -1.35. The lowest BCUT2D eigenvalue weighted by Crippen LogP contribution is -2.56. The molecule has 5 rings (SSSR count). The second-order valence-corrected chi connectivity index (χ2v) is 11.5. The first-order chi connectivity index (χ1) is 21.2. The summed E-state index contributed by atoms with van der Waals surface area (Å²) in [5, 5.41) is 11.4. The van der Waals surface area contributed by atoms with Crippen LogP contribution < -0.4 is 21.3 Å². The van der Waals surface area contributed by atoms with Crippen LogP contribution in [0.25, 0.3) is 10.9 Å². The van der Waals surface area contributed by atoms with Crippen molar-refractivity contribution >= 4 is 40.3 Å². The minimum absolute atomic E-state index is 0.109. The Kier molecular flexibility index (Phi) is 9.66. The third kappa shape index (κ3) is 7.47. The van der Waals surface area contributed by atoms with Crippen molar-refractivity contribution in [3.63, 3.8) is 0 Å². The van der Waals surface area contributed by atoms with E-state index in [2.05, 4.69) is 26.3 Å². The lowest BCUT2D eigenvalue weighted by molar-refractivity contribution is -0.141. The average Bonchev–Trinajstić information content (AvgIpc) is 3.64. The summed E-state index contributed by atoms with van der Waals surface area (Å²) in [5.74, 6) is -6.27. The Balaban J connectivity index is 1.37. The number of hydrogen-bond donors (Lipinski definition) is 5. The molecule has 1 saturated heterocycles. The first-order valence-electron chi connectivity index (χ1n) is 14.9. The van der Waals surface area contributed by atoms with Gasteiger partial charge in [-0.3, -0.25) is 24.0 Å². The van der Waals surface area contributed by atoms with Crippen LogP contribution in [0.5, 0.6) is 0 Å². The number of ketones is 1. The number of aromatic nitrogens is 1. The monoisotopic (exact) mass is 607 g/mol. The molecule has 2 heterocycles. The molecule has 44 heavy (non-hydrogen) atoms. The number of H-pyrrole nitrogens is 1. The molecule has 0 bridgehead atoms. The molecule has 0 radical (unpaired) electrons. The number of carbonyl (C=O) groups is 5. The molecule has 0 unspecified atom stereocenters. The number of benzene rings is 2. The van der Waals surface area contributed by atoms with E-state index in [1.807, 2.05) is 12.1 Å². The number of halogens is 2. The number of para-hydroxylation sites is 1. The average molecular weight is 608 g/mol. The van der Waals surface area contributed by atoms with Crippen molar-refractivity contribution in [3.05, 3.63) is 71.4 Å². The standard InChI is InChI=1S/C32H35F2N5O5/c33-22-11-10-18(14-23(22)34)15-26(39-31(43)27-16-19-6-4-5-9-24(19)37-27)30(42)38-25(17-20-12-13-35-29(20)41)28(40)32(44)36-21-7-2-1-3-8-21/h4-6,9-11,14,16,20-21,25-26,37H,1-3,7-8,12-13,15,17H2,(H,35,41)(H,36,44)(H,38,42)(H,39,43)/t20-,25-,26-/m0/s1. The summed E-state index contributed by atoms with van der Waals surface area (Å²) in [5.41, 5.74) is 1.08. The van der Waals surface area contributed by atoms with Crippen molar-refractivity contribution in [2.45, 2.75) is 69.5 Å². The van der Waals surface area contributed by atoms with Gasteiger partial charge in [-0.15, -0.1) is 0 Å². The molecule has 3 aromatic rings. The molecular formula is C32H35F2N5O5. The molecule has 1 aromatic heterocycles. The molecule has 2 fully saturated rings. The maximum absolute atomic E-state index is 14.0. The maximum Gasteiger partial charge on any atom is 0.289 e. The molecule has 1 aliphatic carbocycles. The second-order valence-electron chi connectivity index (χ2n) is 11.5. The van der Waals surface area contributed by atoms with Crippen LogP contribution in [0.2, 0.25) is 0 Å². The zero-order valence-electron chi connectivity index (χ0n) is 24.1. The van der Waals surface area contributed by atoms with Crippen molar-refractivity contribution < 1.29 is 32.8 Å². The van der Waals surface area contributed by atoms with E-state index in [4.69, 9.17) is 0 Å². The van der Waals surface area contributed by atoms with Gasteiger partial charge in [-0.1, -0.05) is 43.5 Å². The fourth-order valence-electron chi connectivity index (χ4n) is 5.86. The summed E-state index contributed by atoms with van der Waals surface area (Å²) in [7, 11) is 0. The van der Waals surface area contributed by atoms with Crippen molar-refractivity contribution in [1.29, 1.82) is 0 Å². The Morgan fingerprint density at radius 2 is 1.66 bits per heavy atom. The second kappa shape index (κ2) is 13.8. The Hall–Kier alpha value is -4.61. The van der Waals surface area contributed by atoms with E-state index in [0.29, 0.717) is 18.5 Å². The Bertz CT molecular complexity index is 1530. The van der Waals surface area contributed by atoms with Crippen molar-refractivity contribution in [3.8, 4) is 0 Å². The van der Waals surface area contributed by atoms with Crippen molar-refractivity contribution in [2.75, 3.05) is 6.54 Å². The summed E-state index contributed by atoms with van der Waals surface area (Å²) in [4.78, 5) is 68.8.